The molecular formula is C19H20N4O3. The number of imidazole rings is 1. The maximum absolute atomic E-state index is 9.96. The van der Waals surface area contributed by atoms with Gasteiger partial charge < -0.3 is 19.1 Å². The molecule has 0 aliphatic carbocycles. The predicted octanol–water partition coefficient (Wildman–Crippen LogP) is 1.49. The highest BCUT2D eigenvalue weighted by atomic mass is 16.6. The molecule has 26 heavy (non-hydrogen) atoms. The number of benzene rings is 1. The number of hydrogen-bond donors (Lipinski definition) is 1. The van der Waals surface area contributed by atoms with Crippen LogP contribution in [-0.4, -0.2) is 56.0 Å². The van der Waals surface area contributed by atoms with Gasteiger partial charge in [-0.2, -0.15) is 5.10 Å². The summed E-state index contributed by atoms with van der Waals surface area (Å²) in [5.41, 5.74) is 2.23. The summed E-state index contributed by atoms with van der Waals surface area (Å²) in [5, 5.41) is 14.2. The molecule has 0 unspecified atom stereocenters. The molecule has 2 aromatic heterocycles. The molecule has 7 nitrogen and oxygen atoms in total. The molecule has 134 valence electrons. The quantitative estimate of drug-likeness (QED) is 0.770. The number of aliphatic hydroxyl groups is 1. The molecule has 1 N–H and O–H groups in total. The van der Waals surface area contributed by atoms with Gasteiger partial charge in [0.1, 0.15) is 24.1 Å². The first-order chi connectivity index (χ1) is 12.8. The molecule has 0 saturated carbocycles. The molecule has 0 amide bonds. The Hall–Kier alpha value is -2.48. The van der Waals surface area contributed by atoms with Crippen molar-refractivity contribution in [1.29, 1.82) is 0 Å². The zero-order chi connectivity index (χ0) is 17.5. The van der Waals surface area contributed by atoms with Gasteiger partial charge >= 0.3 is 0 Å². The van der Waals surface area contributed by atoms with Gasteiger partial charge in [-0.05, 0) is 11.6 Å². The Morgan fingerprint density at radius 2 is 1.88 bits per heavy atom. The molecule has 5 rings (SSSR count). The van der Waals surface area contributed by atoms with Crippen molar-refractivity contribution in [1.82, 2.24) is 19.3 Å². The minimum atomic E-state index is -0.543. The Balaban J connectivity index is 1.39. The van der Waals surface area contributed by atoms with Crippen LogP contribution in [0.5, 0.6) is 0 Å². The highest BCUT2D eigenvalue weighted by Gasteiger charge is 2.48. The van der Waals surface area contributed by atoms with E-state index >= 15 is 0 Å². The van der Waals surface area contributed by atoms with E-state index in [1.165, 1.54) is 5.56 Å². The van der Waals surface area contributed by atoms with Crippen molar-refractivity contribution in [2.24, 2.45) is 0 Å². The molecule has 3 aromatic rings. The minimum Gasteiger partial charge on any atom is -0.388 e. The van der Waals surface area contributed by atoms with E-state index in [0.29, 0.717) is 13.2 Å². The van der Waals surface area contributed by atoms with Crippen LogP contribution < -0.4 is 0 Å². The van der Waals surface area contributed by atoms with Crippen molar-refractivity contribution < 1.29 is 14.6 Å². The lowest BCUT2D eigenvalue weighted by atomic mass is 10.1. The summed E-state index contributed by atoms with van der Waals surface area (Å²) in [7, 11) is 0. The van der Waals surface area contributed by atoms with Gasteiger partial charge in [-0.25, -0.2) is 4.98 Å². The van der Waals surface area contributed by atoms with Gasteiger partial charge in [-0.1, -0.05) is 24.3 Å². The molecular weight excluding hydrogens is 332 g/mol. The Bertz CT molecular complexity index is 875. The van der Waals surface area contributed by atoms with Gasteiger partial charge in [0.2, 0.25) is 0 Å². The molecule has 4 heterocycles. The van der Waals surface area contributed by atoms with Crippen molar-refractivity contribution in [2.45, 2.75) is 30.9 Å². The van der Waals surface area contributed by atoms with Crippen LogP contribution in [0.4, 0.5) is 0 Å². The Kier molecular flexibility index (Phi) is 3.85. The highest BCUT2D eigenvalue weighted by Crippen LogP contribution is 2.36. The average molecular weight is 352 g/mol. The third-order valence-corrected chi connectivity index (χ3v) is 5.14. The van der Waals surface area contributed by atoms with Gasteiger partial charge in [0.15, 0.2) is 0 Å². The van der Waals surface area contributed by atoms with Crippen molar-refractivity contribution in [3.05, 3.63) is 60.7 Å². The maximum atomic E-state index is 9.96. The average Bonchev–Trinajstić information content (AvgIpc) is 3.41. The number of nitrogens with zero attached hydrogens (tertiary/aromatic N) is 4. The lowest BCUT2D eigenvalue weighted by Crippen LogP contribution is -2.30. The molecule has 2 aliphatic heterocycles. The molecule has 2 fully saturated rings. The molecule has 0 radical (unpaired) electrons. The number of fused-ring (bicyclic) bond motifs is 1. The molecule has 2 saturated heterocycles. The zero-order valence-corrected chi connectivity index (χ0v) is 14.2. The van der Waals surface area contributed by atoms with Crippen molar-refractivity contribution in [3.63, 3.8) is 0 Å². The number of ether oxygens (including phenoxy) is 2. The fourth-order valence-corrected chi connectivity index (χ4v) is 3.84. The summed E-state index contributed by atoms with van der Waals surface area (Å²) >= 11 is 0. The van der Waals surface area contributed by atoms with Crippen LogP contribution in [0.1, 0.15) is 11.6 Å². The van der Waals surface area contributed by atoms with Crippen LogP contribution in [-0.2, 0) is 16.0 Å². The normalized spacial score (nSPS) is 27.7. The Morgan fingerprint density at radius 1 is 1.04 bits per heavy atom. The summed E-state index contributed by atoms with van der Waals surface area (Å²) in [6, 6.07) is 10.3. The van der Waals surface area contributed by atoms with Crippen LogP contribution in [0.3, 0.4) is 0 Å². The standard InChI is InChI=1S/C19H20N4O3/c24-16-12-26-17-15(11-25-18(16)17)23-9-7-20-19(23)14-4-2-13(3-5-14)10-22-8-1-6-21-22/h1-9,15-18,24H,10-12H2/t15-,16+,17+,18+/m0/s1. The number of rotatable bonds is 4. The number of aromatic nitrogens is 4. The smallest absolute Gasteiger partial charge is 0.140 e. The third kappa shape index (κ3) is 2.65. The Morgan fingerprint density at radius 3 is 2.69 bits per heavy atom. The SMILES string of the molecule is O[C@@H]1CO[C@H]2[C@@H]1OC[C@@H]2n1ccnc1-c1ccc(Cn2cccn2)cc1. The molecule has 7 heteroatoms. The second-order valence-corrected chi connectivity index (χ2v) is 6.79. The summed E-state index contributed by atoms with van der Waals surface area (Å²) < 4.78 is 15.5. The van der Waals surface area contributed by atoms with Gasteiger partial charge in [0.05, 0.1) is 25.8 Å². The lowest BCUT2D eigenvalue weighted by molar-refractivity contribution is 0.0172. The first kappa shape index (κ1) is 15.7. The van der Waals surface area contributed by atoms with E-state index in [-0.39, 0.29) is 18.2 Å². The molecule has 0 bridgehead atoms. The van der Waals surface area contributed by atoms with Gasteiger partial charge in [0.25, 0.3) is 0 Å². The van der Waals surface area contributed by atoms with Crippen molar-refractivity contribution in [3.8, 4) is 11.4 Å². The van der Waals surface area contributed by atoms with Crippen molar-refractivity contribution in [2.75, 3.05) is 13.2 Å². The fraction of sp³-hybridized carbons (Fsp3) is 0.368. The second-order valence-electron chi connectivity index (χ2n) is 6.79. The van der Waals surface area contributed by atoms with Gasteiger partial charge in [-0.15, -0.1) is 0 Å². The fourth-order valence-electron chi connectivity index (χ4n) is 3.84. The van der Waals surface area contributed by atoms with Crippen LogP contribution in [0, 0.1) is 0 Å². The van der Waals surface area contributed by atoms with E-state index in [2.05, 4.69) is 38.9 Å². The van der Waals surface area contributed by atoms with Crippen molar-refractivity contribution >= 4 is 0 Å². The van der Waals surface area contributed by atoms with E-state index in [9.17, 15) is 5.11 Å². The van der Waals surface area contributed by atoms with Crippen LogP contribution in [0.25, 0.3) is 11.4 Å². The van der Waals surface area contributed by atoms with E-state index < -0.39 is 6.10 Å². The largest absolute Gasteiger partial charge is 0.388 e. The summed E-state index contributed by atoms with van der Waals surface area (Å²) in [5.74, 6) is 0.884. The van der Waals surface area contributed by atoms with E-state index in [1.54, 1.807) is 12.4 Å². The third-order valence-electron chi connectivity index (χ3n) is 5.14. The molecule has 4 atom stereocenters. The van der Waals surface area contributed by atoms with Gasteiger partial charge in [-0.3, -0.25) is 4.68 Å². The second kappa shape index (κ2) is 6.35. The lowest BCUT2D eigenvalue weighted by Gasteiger charge is -2.19. The molecule has 2 aliphatic rings. The van der Waals surface area contributed by atoms with Crippen LogP contribution in [0.15, 0.2) is 55.1 Å². The van der Waals surface area contributed by atoms with E-state index in [0.717, 1.165) is 17.9 Å². The molecule has 1 aromatic carbocycles. The maximum Gasteiger partial charge on any atom is 0.140 e. The molecule has 0 spiro atoms. The van der Waals surface area contributed by atoms with Crippen LogP contribution >= 0.6 is 0 Å². The topological polar surface area (TPSA) is 74.3 Å². The predicted molar refractivity (Wildman–Crippen MR) is 93.5 cm³/mol. The highest BCUT2D eigenvalue weighted by molar-refractivity contribution is 5.56. The van der Waals surface area contributed by atoms with E-state index in [4.69, 9.17) is 9.47 Å². The first-order valence-corrected chi connectivity index (χ1v) is 8.80. The summed E-state index contributed by atoms with van der Waals surface area (Å²) in [6.07, 6.45) is 6.57. The van der Waals surface area contributed by atoms with Crippen LogP contribution in [0.2, 0.25) is 0 Å². The Labute approximate surface area is 150 Å². The monoisotopic (exact) mass is 352 g/mol. The first-order valence-electron chi connectivity index (χ1n) is 8.80. The van der Waals surface area contributed by atoms with Gasteiger partial charge in [0, 0.05) is 30.4 Å². The zero-order valence-electron chi connectivity index (χ0n) is 14.2. The number of hydrogen-bond acceptors (Lipinski definition) is 5. The minimum absolute atomic E-state index is 0.0263. The summed E-state index contributed by atoms with van der Waals surface area (Å²) in [6.45, 7) is 1.60. The summed E-state index contributed by atoms with van der Waals surface area (Å²) in [4.78, 5) is 4.54. The number of aliphatic hydroxyl groups excluding tert-OH is 1. The van der Waals surface area contributed by atoms with E-state index in [1.807, 2.05) is 23.1 Å².